The molecule has 0 saturated heterocycles. The lowest BCUT2D eigenvalue weighted by Crippen LogP contribution is -2.50. The number of alkyl halides is 7. The lowest BCUT2D eigenvalue weighted by atomic mass is 9.90. The van der Waals surface area contributed by atoms with Gasteiger partial charge in [-0.25, -0.2) is 13.9 Å². The summed E-state index contributed by atoms with van der Waals surface area (Å²) in [6.45, 7) is 2.45. The van der Waals surface area contributed by atoms with Gasteiger partial charge >= 0.3 is 24.0 Å². The van der Waals surface area contributed by atoms with Gasteiger partial charge in [0.2, 0.25) is 0 Å². The predicted molar refractivity (Wildman–Crippen MR) is 105 cm³/mol. The molecule has 0 amide bonds. The zero-order valence-electron chi connectivity index (χ0n) is 16.8. The van der Waals surface area contributed by atoms with Gasteiger partial charge in [0.25, 0.3) is 0 Å². The highest BCUT2D eigenvalue weighted by molar-refractivity contribution is 6.33. The molecule has 1 heterocycles. The van der Waals surface area contributed by atoms with Crippen molar-refractivity contribution in [2.75, 3.05) is 0 Å². The topological polar surface area (TPSA) is 55.1 Å². The molecule has 0 aliphatic rings. The number of hydrogen-bond acceptors (Lipinski definition) is 2. The van der Waals surface area contributed by atoms with Crippen LogP contribution in [0, 0.1) is 13.8 Å². The average molecular weight is 495 g/mol. The number of aryl methyl sites for hydroxylation is 2. The van der Waals surface area contributed by atoms with Crippen molar-refractivity contribution >= 4 is 17.6 Å². The van der Waals surface area contributed by atoms with Gasteiger partial charge in [-0.05, 0) is 42.7 Å². The van der Waals surface area contributed by atoms with E-state index in [0.717, 1.165) is 0 Å². The Labute approximate surface area is 187 Å². The molecule has 3 aromatic rings. The van der Waals surface area contributed by atoms with Crippen LogP contribution in [0.25, 0.3) is 16.8 Å². The highest BCUT2D eigenvalue weighted by Gasteiger charge is 2.73. The number of carboxylic acids is 1. The summed E-state index contributed by atoms with van der Waals surface area (Å²) >= 11 is 5.84. The Morgan fingerprint density at radius 2 is 1.48 bits per heavy atom. The first-order valence-corrected chi connectivity index (χ1v) is 9.48. The van der Waals surface area contributed by atoms with E-state index in [1.54, 1.807) is 0 Å². The van der Waals surface area contributed by atoms with E-state index in [1.165, 1.54) is 49.1 Å². The van der Waals surface area contributed by atoms with E-state index in [-0.39, 0.29) is 27.4 Å². The van der Waals surface area contributed by atoms with Crippen LogP contribution in [0.2, 0.25) is 5.02 Å². The molecule has 0 atom stereocenters. The molecule has 4 nitrogen and oxygen atoms in total. The molecule has 0 bridgehead atoms. The van der Waals surface area contributed by atoms with E-state index in [9.17, 15) is 40.6 Å². The fourth-order valence-corrected chi connectivity index (χ4v) is 3.67. The molecule has 0 saturated carbocycles. The monoisotopic (exact) mass is 494 g/mol. The summed E-state index contributed by atoms with van der Waals surface area (Å²) in [5.41, 5.74) is -6.51. The third kappa shape index (κ3) is 4.17. The third-order valence-corrected chi connectivity index (χ3v) is 5.34. The van der Waals surface area contributed by atoms with Crippen LogP contribution in [-0.4, -0.2) is 33.2 Å². The molecule has 33 heavy (non-hydrogen) atoms. The van der Waals surface area contributed by atoms with Crippen LogP contribution in [0.15, 0.2) is 42.7 Å². The van der Waals surface area contributed by atoms with Crippen molar-refractivity contribution in [3.63, 3.8) is 0 Å². The summed E-state index contributed by atoms with van der Waals surface area (Å²) in [6, 6.07) is 5.13. The van der Waals surface area contributed by atoms with Crippen molar-refractivity contribution in [2.45, 2.75) is 31.9 Å². The van der Waals surface area contributed by atoms with Gasteiger partial charge in [-0.1, -0.05) is 29.8 Å². The van der Waals surface area contributed by atoms with Gasteiger partial charge in [-0.2, -0.15) is 31.4 Å². The summed E-state index contributed by atoms with van der Waals surface area (Å²) < 4.78 is 94.4. The number of nitrogens with zero attached hydrogens (tertiary/aromatic N) is 2. The second kappa shape index (κ2) is 8.05. The highest BCUT2D eigenvalue weighted by atomic mass is 35.5. The Kier molecular flexibility index (Phi) is 5.99. The Bertz CT molecular complexity index is 1200. The first kappa shape index (κ1) is 24.6. The van der Waals surface area contributed by atoms with Gasteiger partial charge in [-0.3, -0.25) is 0 Å². The molecule has 176 valence electrons. The maximum Gasteiger partial charge on any atom is 0.435 e. The van der Waals surface area contributed by atoms with Crippen molar-refractivity contribution in [2.24, 2.45) is 0 Å². The van der Waals surface area contributed by atoms with E-state index < -0.39 is 29.6 Å². The van der Waals surface area contributed by atoms with Crippen LogP contribution in [-0.2, 0) is 5.67 Å². The van der Waals surface area contributed by atoms with E-state index in [0.29, 0.717) is 23.3 Å². The van der Waals surface area contributed by atoms with Gasteiger partial charge < -0.3 is 5.11 Å². The molecule has 0 aliphatic heterocycles. The summed E-state index contributed by atoms with van der Waals surface area (Å²) in [6.07, 6.45) is -9.71. The number of benzene rings is 2. The summed E-state index contributed by atoms with van der Waals surface area (Å²) in [5.74, 6) is -1.26. The fraction of sp³-hybridized carbons (Fsp3) is 0.238. The van der Waals surface area contributed by atoms with Crippen LogP contribution in [0.5, 0.6) is 0 Å². The molecule has 0 radical (unpaired) electrons. The molecule has 0 aliphatic carbocycles. The summed E-state index contributed by atoms with van der Waals surface area (Å²) in [7, 11) is 0. The zero-order valence-corrected chi connectivity index (χ0v) is 17.6. The molecule has 0 unspecified atom stereocenters. The van der Waals surface area contributed by atoms with Crippen LogP contribution in [0.3, 0.4) is 0 Å². The normalized spacial score (nSPS) is 12.8. The van der Waals surface area contributed by atoms with E-state index in [1.807, 2.05) is 0 Å². The number of hydrogen-bond donors (Lipinski definition) is 1. The van der Waals surface area contributed by atoms with E-state index in [4.69, 9.17) is 11.6 Å². The minimum absolute atomic E-state index is 0.00459. The number of rotatable bonds is 4. The van der Waals surface area contributed by atoms with Gasteiger partial charge in [0.15, 0.2) is 0 Å². The lowest BCUT2D eigenvalue weighted by molar-refractivity contribution is -0.348. The smallest absolute Gasteiger partial charge is 0.435 e. The molecule has 3 rings (SSSR count). The van der Waals surface area contributed by atoms with Crippen molar-refractivity contribution in [3.8, 4) is 16.8 Å². The van der Waals surface area contributed by atoms with Gasteiger partial charge in [0, 0.05) is 17.3 Å². The van der Waals surface area contributed by atoms with Crippen molar-refractivity contribution < 1.29 is 40.6 Å². The van der Waals surface area contributed by atoms with E-state index in [2.05, 4.69) is 5.10 Å². The number of aromatic carboxylic acids is 1. The minimum Gasteiger partial charge on any atom is -0.478 e. The number of carbonyl (C=O) groups is 1. The summed E-state index contributed by atoms with van der Waals surface area (Å²) in [4.78, 5) is 11.3. The lowest BCUT2D eigenvalue weighted by Gasteiger charge is -2.31. The van der Waals surface area contributed by atoms with Gasteiger partial charge in [-0.15, -0.1) is 0 Å². The fourth-order valence-electron chi connectivity index (χ4n) is 3.47. The molecule has 1 aromatic heterocycles. The number of halogens is 8. The number of carboxylic acid groups (broad SMARTS) is 1. The molecule has 12 heteroatoms. The second-order valence-corrected chi connectivity index (χ2v) is 7.69. The predicted octanol–water partition coefficient (Wildman–Crippen LogP) is 6.80. The van der Waals surface area contributed by atoms with Crippen LogP contribution >= 0.6 is 11.6 Å². The van der Waals surface area contributed by atoms with Gasteiger partial charge in [0.1, 0.15) is 0 Å². The molecular weight excluding hydrogens is 481 g/mol. The van der Waals surface area contributed by atoms with Crippen molar-refractivity contribution in [1.82, 2.24) is 9.78 Å². The average Bonchev–Trinajstić information content (AvgIpc) is 3.14. The quantitative estimate of drug-likeness (QED) is 0.406. The first-order valence-electron chi connectivity index (χ1n) is 9.10. The van der Waals surface area contributed by atoms with E-state index >= 15 is 0 Å². The van der Waals surface area contributed by atoms with Crippen LogP contribution < -0.4 is 0 Å². The van der Waals surface area contributed by atoms with Crippen molar-refractivity contribution in [1.29, 1.82) is 0 Å². The SMILES string of the molecule is Cc1cc(C(F)(C(F)(F)F)C(F)(F)F)cc(C)c1-n1cc(-c2ccc(Cl)c(C(=O)O)c2)cn1. The largest absolute Gasteiger partial charge is 0.478 e. The zero-order chi connectivity index (χ0) is 24.9. The maximum absolute atomic E-state index is 14.5. The highest BCUT2D eigenvalue weighted by Crippen LogP contribution is 2.53. The molecule has 1 N–H and O–H groups in total. The Balaban J connectivity index is 2.10. The summed E-state index contributed by atoms with van der Waals surface area (Å²) in [5, 5.41) is 13.3. The third-order valence-electron chi connectivity index (χ3n) is 5.01. The van der Waals surface area contributed by atoms with Crippen LogP contribution in [0.4, 0.5) is 30.7 Å². The van der Waals surface area contributed by atoms with Crippen LogP contribution in [0.1, 0.15) is 27.0 Å². The van der Waals surface area contributed by atoms with Crippen molar-refractivity contribution in [3.05, 3.63) is 70.0 Å². The Morgan fingerprint density at radius 3 is 1.97 bits per heavy atom. The maximum atomic E-state index is 14.5. The van der Waals surface area contributed by atoms with Gasteiger partial charge in [0.05, 0.1) is 22.5 Å². The Hall–Kier alpha value is -3.08. The molecule has 0 fully saturated rings. The molecule has 2 aromatic carbocycles. The molecule has 0 spiro atoms. The molecular formula is C21H14ClF7N2O2. The standard InChI is InChI=1S/C21H14ClF7N2O2/c1-10-5-14(19(23,20(24,25)26)21(27,28)29)6-11(2)17(10)31-9-13(8-30-31)12-3-4-16(22)15(7-12)18(32)33/h3-9H,1-2H3,(H,32,33). The number of aromatic nitrogens is 2. The Morgan fingerprint density at radius 1 is 0.939 bits per heavy atom. The minimum atomic E-state index is -6.22. The first-order chi connectivity index (χ1) is 15.1. The second-order valence-electron chi connectivity index (χ2n) is 7.29.